The Morgan fingerprint density at radius 3 is 2.44 bits per heavy atom. The van der Waals surface area contributed by atoms with Gasteiger partial charge in [0, 0.05) is 13.6 Å². The maximum Gasteiger partial charge on any atom is 0.233 e. The maximum absolute atomic E-state index is 12.2. The van der Waals surface area contributed by atoms with E-state index < -0.39 is 5.92 Å². The number of nitrogens with zero attached hydrogens (tertiary/aromatic N) is 2. The van der Waals surface area contributed by atoms with E-state index in [0.717, 1.165) is 12.8 Å². The summed E-state index contributed by atoms with van der Waals surface area (Å²) in [5.41, 5.74) is 5.57. The van der Waals surface area contributed by atoms with Crippen LogP contribution in [0.15, 0.2) is 5.16 Å². The number of amidine groups is 1. The van der Waals surface area contributed by atoms with Gasteiger partial charge in [0.2, 0.25) is 5.91 Å². The van der Waals surface area contributed by atoms with Crippen LogP contribution >= 0.6 is 0 Å². The smallest absolute Gasteiger partial charge is 0.233 e. The van der Waals surface area contributed by atoms with Crippen molar-refractivity contribution in [3.8, 4) is 0 Å². The number of oxime groups is 1. The summed E-state index contributed by atoms with van der Waals surface area (Å²) in [6.45, 7) is 4.33. The SMILES string of the molecule is CC(C)C(C(=O)N(C)CC1CC(O)C1)C(N)=NO. The van der Waals surface area contributed by atoms with Gasteiger partial charge in [0.1, 0.15) is 5.92 Å². The molecular weight excluding hydrogens is 234 g/mol. The molecule has 1 atom stereocenters. The van der Waals surface area contributed by atoms with Gasteiger partial charge < -0.3 is 20.9 Å². The zero-order chi connectivity index (χ0) is 13.9. The summed E-state index contributed by atoms with van der Waals surface area (Å²) in [6.07, 6.45) is 1.27. The van der Waals surface area contributed by atoms with Crippen LogP contribution in [-0.4, -0.2) is 46.7 Å². The van der Waals surface area contributed by atoms with E-state index in [2.05, 4.69) is 5.16 Å². The molecule has 0 saturated heterocycles. The second kappa shape index (κ2) is 6.04. The quantitative estimate of drug-likeness (QED) is 0.284. The van der Waals surface area contributed by atoms with Gasteiger partial charge in [-0.1, -0.05) is 19.0 Å². The van der Waals surface area contributed by atoms with Gasteiger partial charge in [-0.15, -0.1) is 0 Å². The molecule has 0 spiro atoms. The van der Waals surface area contributed by atoms with Gasteiger partial charge in [-0.2, -0.15) is 0 Å². The van der Waals surface area contributed by atoms with Gasteiger partial charge in [0.25, 0.3) is 0 Å². The summed E-state index contributed by atoms with van der Waals surface area (Å²) in [6, 6.07) is 0. The van der Waals surface area contributed by atoms with E-state index >= 15 is 0 Å². The number of hydrogen-bond acceptors (Lipinski definition) is 4. The van der Waals surface area contributed by atoms with Crippen LogP contribution in [0.2, 0.25) is 0 Å². The average molecular weight is 257 g/mol. The van der Waals surface area contributed by atoms with Crippen LogP contribution in [0.4, 0.5) is 0 Å². The summed E-state index contributed by atoms with van der Waals surface area (Å²) in [4.78, 5) is 13.8. The molecule has 18 heavy (non-hydrogen) atoms. The zero-order valence-corrected chi connectivity index (χ0v) is 11.2. The summed E-state index contributed by atoms with van der Waals surface area (Å²) in [5, 5.41) is 20.9. The third-order valence-corrected chi connectivity index (χ3v) is 3.49. The number of carbonyl (C=O) groups excluding carboxylic acids is 1. The minimum Gasteiger partial charge on any atom is -0.409 e. The molecule has 0 aromatic carbocycles. The maximum atomic E-state index is 12.2. The number of aliphatic hydroxyl groups is 1. The first-order valence-corrected chi connectivity index (χ1v) is 6.27. The van der Waals surface area contributed by atoms with Crippen LogP contribution in [-0.2, 0) is 4.79 Å². The Labute approximate surface area is 107 Å². The number of nitrogens with two attached hydrogens (primary N) is 1. The fraction of sp³-hybridized carbons (Fsp3) is 0.833. The van der Waals surface area contributed by atoms with Gasteiger partial charge in [-0.3, -0.25) is 4.79 Å². The van der Waals surface area contributed by atoms with E-state index in [9.17, 15) is 9.90 Å². The third kappa shape index (κ3) is 3.35. The number of rotatable bonds is 5. The van der Waals surface area contributed by atoms with Crippen LogP contribution in [0.3, 0.4) is 0 Å². The van der Waals surface area contributed by atoms with Crippen molar-refractivity contribution in [3.05, 3.63) is 0 Å². The Hall–Kier alpha value is -1.30. The largest absolute Gasteiger partial charge is 0.409 e. The van der Waals surface area contributed by atoms with Crippen molar-refractivity contribution in [1.29, 1.82) is 0 Å². The van der Waals surface area contributed by atoms with E-state index in [1.165, 1.54) is 0 Å². The first-order valence-electron chi connectivity index (χ1n) is 6.27. The summed E-state index contributed by atoms with van der Waals surface area (Å²) >= 11 is 0. The van der Waals surface area contributed by atoms with Crippen LogP contribution in [0.25, 0.3) is 0 Å². The fourth-order valence-electron chi connectivity index (χ4n) is 2.38. The first-order chi connectivity index (χ1) is 8.36. The highest BCUT2D eigenvalue weighted by atomic mass is 16.4. The highest BCUT2D eigenvalue weighted by Crippen LogP contribution is 2.28. The molecule has 1 fully saturated rings. The second-order valence-electron chi connectivity index (χ2n) is 5.46. The average Bonchev–Trinajstić information content (AvgIpc) is 2.26. The topological polar surface area (TPSA) is 99.2 Å². The summed E-state index contributed by atoms with van der Waals surface area (Å²) in [7, 11) is 1.72. The van der Waals surface area contributed by atoms with Crippen LogP contribution in [0.5, 0.6) is 0 Å². The Kier molecular flexibility index (Phi) is 4.95. The lowest BCUT2D eigenvalue weighted by molar-refractivity contribution is -0.134. The lowest BCUT2D eigenvalue weighted by Crippen LogP contribution is -2.46. The molecule has 1 saturated carbocycles. The molecule has 4 N–H and O–H groups in total. The molecule has 6 heteroatoms. The van der Waals surface area contributed by atoms with Crippen molar-refractivity contribution < 1.29 is 15.1 Å². The molecule has 6 nitrogen and oxygen atoms in total. The Morgan fingerprint density at radius 2 is 2.06 bits per heavy atom. The van der Waals surface area contributed by atoms with Gasteiger partial charge in [0.15, 0.2) is 5.84 Å². The van der Waals surface area contributed by atoms with Gasteiger partial charge >= 0.3 is 0 Å². The molecule has 0 aromatic rings. The monoisotopic (exact) mass is 257 g/mol. The molecule has 0 bridgehead atoms. The Balaban J connectivity index is 2.59. The first kappa shape index (κ1) is 14.8. The van der Waals surface area contributed by atoms with Crippen molar-refractivity contribution in [2.45, 2.75) is 32.8 Å². The molecule has 1 amide bonds. The molecule has 1 unspecified atom stereocenters. The normalized spacial score (nSPS) is 25.7. The minimum absolute atomic E-state index is 0.0252. The summed E-state index contributed by atoms with van der Waals surface area (Å²) in [5.74, 6) is -0.445. The third-order valence-electron chi connectivity index (χ3n) is 3.49. The second-order valence-corrected chi connectivity index (χ2v) is 5.46. The highest BCUT2D eigenvalue weighted by Gasteiger charge is 2.33. The Bertz CT molecular complexity index is 325. The molecule has 0 radical (unpaired) electrons. The van der Waals surface area contributed by atoms with E-state index in [-0.39, 0.29) is 23.8 Å². The highest BCUT2D eigenvalue weighted by molar-refractivity contribution is 6.02. The zero-order valence-electron chi connectivity index (χ0n) is 11.2. The van der Waals surface area contributed by atoms with E-state index in [0.29, 0.717) is 12.5 Å². The Morgan fingerprint density at radius 1 is 1.50 bits per heavy atom. The summed E-state index contributed by atoms with van der Waals surface area (Å²) < 4.78 is 0. The van der Waals surface area contributed by atoms with Gasteiger partial charge in [-0.25, -0.2) is 0 Å². The van der Waals surface area contributed by atoms with Crippen LogP contribution in [0, 0.1) is 17.8 Å². The predicted octanol–water partition coefficient (Wildman–Crippen LogP) is 0.234. The van der Waals surface area contributed by atoms with E-state index in [1.807, 2.05) is 13.8 Å². The van der Waals surface area contributed by atoms with Crippen molar-refractivity contribution in [3.63, 3.8) is 0 Å². The lowest BCUT2D eigenvalue weighted by atomic mass is 9.82. The number of aliphatic hydroxyl groups excluding tert-OH is 1. The minimum atomic E-state index is -0.593. The van der Waals surface area contributed by atoms with Crippen molar-refractivity contribution in [1.82, 2.24) is 4.90 Å². The molecule has 1 rings (SSSR count). The van der Waals surface area contributed by atoms with Crippen molar-refractivity contribution >= 4 is 11.7 Å². The van der Waals surface area contributed by atoms with Crippen LogP contribution < -0.4 is 5.73 Å². The molecule has 0 heterocycles. The van der Waals surface area contributed by atoms with E-state index in [1.54, 1.807) is 11.9 Å². The van der Waals surface area contributed by atoms with Crippen LogP contribution in [0.1, 0.15) is 26.7 Å². The lowest BCUT2D eigenvalue weighted by Gasteiger charge is -2.35. The molecule has 104 valence electrons. The molecular formula is C12H23N3O3. The number of carbonyl (C=O) groups is 1. The molecule has 0 aliphatic heterocycles. The molecule has 1 aliphatic rings. The van der Waals surface area contributed by atoms with Crippen molar-refractivity contribution in [2.75, 3.05) is 13.6 Å². The number of amides is 1. The molecule has 1 aliphatic carbocycles. The van der Waals surface area contributed by atoms with Crippen molar-refractivity contribution in [2.24, 2.45) is 28.6 Å². The standard InChI is InChI=1S/C12H23N3O3/c1-7(2)10(11(13)14-18)12(17)15(3)6-8-4-9(16)5-8/h7-10,16,18H,4-6H2,1-3H3,(H2,13,14). The van der Waals surface area contributed by atoms with E-state index in [4.69, 9.17) is 10.9 Å². The number of hydrogen-bond donors (Lipinski definition) is 3. The fourth-order valence-corrected chi connectivity index (χ4v) is 2.38. The predicted molar refractivity (Wildman–Crippen MR) is 68.1 cm³/mol. The van der Waals surface area contributed by atoms with Gasteiger partial charge in [0.05, 0.1) is 6.10 Å². The van der Waals surface area contributed by atoms with Gasteiger partial charge in [-0.05, 0) is 24.7 Å². The molecule has 0 aromatic heterocycles.